The molecule has 0 bridgehead atoms. The van der Waals surface area contributed by atoms with Crippen LogP contribution < -0.4 is 15.8 Å². The Hall–Kier alpha value is -1.75. The molecule has 1 aromatic rings. The molecular weight excluding hydrogens is 290 g/mol. The van der Waals surface area contributed by atoms with Gasteiger partial charge in [0.05, 0.1) is 12.6 Å². The van der Waals surface area contributed by atoms with Gasteiger partial charge in [-0.3, -0.25) is 4.99 Å². The van der Waals surface area contributed by atoms with Crippen molar-refractivity contribution in [3.8, 4) is 5.75 Å². The fraction of sp³-hybridized carbons (Fsp3) is 0.611. The van der Waals surface area contributed by atoms with Gasteiger partial charge in [0.25, 0.3) is 0 Å². The first-order chi connectivity index (χ1) is 11.3. The second-order valence-electron chi connectivity index (χ2n) is 6.68. The molecule has 1 unspecified atom stereocenters. The van der Waals surface area contributed by atoms with E-state index in [1.807, 2.05) is 18.2 Å². The van der Waals surface area contributed by atoms with Crippen LogP contribution in [-0.2, 0) is 0 Å². The number of nitrogens with zero attached hydrogens (tertiary/aromatic N) is 1. The zero-order valence-corrected chi connectivity index (χ0v) is 13.6. The Morgan fingerprint density at radius 2 is 2.09 bits per heavy atom. The van der Waals surface area contributed by atoms with Gasteiger partial charge in [0.1, 0.15) is 5.75 Å². The van der Waals surface area contributed by atoms with Gasteiger partial charge < -0.3 is 20.9 Å². The van der Waals surface area contributed by atoms with E-state index in [2.05, 4.69) is 16.4 Å². The second kappa shape index (κ2) is 7.68. The molecule has 3 atom stereocenters. The maximum atomic E-state index is 9.31. The van der Waals surface area contributed by atoms with Gasteiger partial charge >= 0.3 is 0 Å². The molecule has 0 aromatic heterocycles. The molecule has 5 heteroatoms. The van der Waals surface area contributed by atoms with Crippen molar-refractivity contribution in [1.29, 1.82) is 0 Å². The molecule has 0 amide bonds. The summed E-state index contributed by atoms with van der Waals surface area (Å²) in [7, 11) is 0. The first-order valence-electron chi connectivity index (χ1n) is 8.65. The summed E-state index contributed by atoms with van der Waals surface area (Å²) in [5.41, 5.74) is 7.24. The number of guanidine groups is 1. The summed E-state index contributed by atoms with van der Waals surface area (Å²) in [6, 6.07) is 8.24. The average Bonchev–Trinajstić information content (AvgIpc) is 2.60. The first-order valence-corrected chi connectivity index (χ1v) is 8.65. The number of benzene rings is 1. The number of para-hydroxylation sites is 1. The van der Waals surface area contributed by atoms with E-state index in [0.29, 0.717) is 31.0 Å². The lowest BCUT2D eigenvalue weighted by molar-refractivity contribution is 0.163. The third kappa shape index (κ3) is 4.16. The standard InChI is InChI=1S/C18H27N3O2/c19-18(20-11-13-4-3-5-14(10-13)12-22)21-16-8-9-23-17-7-2-1-6-15(16)17/h1-2,6-7,13-14,16,22H,3-5,8-12H2,(H3,19,20,21)/t13-,14+,16?/m0/s1. The Kier molecular flexibility index (Phi) is 5.39. The van der Waals surface area contributed by atoms with Crippen LogP contribution in [0.15, 0.2) is 29.3 Å². The van der Waals surface area contributed by atoms with Crippen molar-refractivity contribution >= 4 is 5.96 Å². The highest BCUT2D eigenvalue weighted by Gasteiger charge is 2.23. The molecule has 23 heavy (non-hydrogen) atoms. The molecule has 0 radical (unpaired) electrons. The first kappa shape index (κ1) is 16.1. The molecule has 1 aromatic carbocycles. The van der Waals surface area contributed by atoms with E-state index in [4.69, 9.17) is 10.5 Å². The molecular formula is C18H27N3O2. The number of aliphatic imine (C=N–C) groups is 1. The van der Waals surface area contributed by atoms with E-state index >= 15 is 0 Å². The van der Waals surface area contributed by atoms with Crippen molar-refractivity contribution in [3.05, 3.63) is 29.8 Å². The lowest BCUT2D eigenvalue weighted by atomic mass is 9.82. The number of aliphatic hydroxyl groups excluding tert-OH is 1. The molecule has 1 aliphatic heterocycles. The van der Waals surface area contributed by atoms with Gasteiger partial charge in [-0.05, 0) is 37.2 Å². The van der Waals surface area contributed by atoms with E-state index < -0.39 is 0 Å². The molecule has 1 aliphatic carbocycles. The van der Waals surface area contributed by atoms with Crippen LogP contribution in [0.1, 0.15) is 43.7 Å². The molecule has 5 nitrogen and oxygen atoms in total. The quantitative estimate of drug-likeness (QED) is 0.587. The molecule has 126 valence electrons. The van der Waals surface area contributed by atoms with Gasteiger partial charge in [0.2, 0.25) is 0 Å². The number of ether oxygens (including phenoxy) is 1. The third-order valence-corrected chi connectivity index (χ3v) is 4.95. The summed E-state index contributed by atoms with van der Waals surface area (Å²) >= 11 is 0. The molecule has 1 saturated carbocycles. The van der Waals surface area contributed by atoms with Crippen LogP contribution in [0, 0.1) is 11.8 Å². The highest BCUT2D eigenvalue weighted by atomic mass is 16.5. The SMILES string of the molecule is NC(=NC[C@H]1CCC[C@@H](CO)C1)NC1CCOc2ccccc21. The van der Waals surface area contributed by atoms with Crippen molar-refractivity contribution in [2.24, 2.45) is 22.6 Å². The van der Waals surface area contributed by atoms with Crippen molar-refractivity contribution in [2.75, 3.05) is 19.8 Å². The summed E-state index contributed by atoms with van der Waals surface area (Å²) in [5, 5.41) is 12.6. The zero-order valence-electron chi connectivity index (χ0n) is 13.6. The van der Waals surface area contributed by atoms with Gasteiger partial charge in [-0.25, -0.2) is 0 Å². The van der Waals surface area contributed by atoms with Crippen LogP contribution in [0.3, 0.4) is 0 Å². The summed E-state index contributed by atoms with van der Waals surface area (Å²) in [6.07, 6.45) is 5.47. The minimum absolute atomic E-state index is 0.167. The summed E-state index contributed by atoms with van der Waals surface area (Å²) in [6.45, 7) is 1.75. The van der Waals surface area contributed by atoms with Crippen LogP contribution in [0.2, 0.25) is 0 Å². The number of rotatable bonds is 4. The highest BCUT2D eigenvalue weighted by Crippen LogP contribution is 2.31. The number of fused-ring (bicyclic) bond motifs is 1. The number of nitrogens with one attached hydrogen (secondary N) is 1. The Morgan fingerprint density at radius 1 is 1.26 bits per heavy atom. The van der Waals surface area contributed by atoms with E-state index in [1.54, 1.807) is 0 Å². The number of aliphatic hydroxyl groups is 1. The van der Waals surface area contributed by atoms with Crippen molar-refractivity contribution in [1.82, 2.24) is 5.32 Å². The Morgan fingerprint density at radius 3 is 2.96 bits per heavy atom. The van der Waals surface area contributed by atoms with Crippen LogP contribution in [0.4, 0.5) is 0 Å². The van der Waals surface area contributed by atoms with Gasteiger partial charge in [-0.15, -0.1) is 0 Å². The maximum Gasteiger partial charge on any atom is 0.189 e. The molecule has 2 aliphatic rings. The van der Waals surface area contributed by atoms with Crippen molar-refractivity contribution in [2.45, 2.75) is 38.1 Å². The van der Waals surface area contributed by atoms with Crippen LogP contribution in [0.25, 0.3) is 0 Å². The maximum absolute atomic E-state index is 9.31. The van der Waals surface area contributed by atoms with E-state index in [-0.39, 0.29) is 6.04 Å². The minimum Gasteiger partial charge on any atom is -0.493 e. The Labute approximate surface area is 137 Å². The summed E-state index contributed by atoms with van der Waals surface area (Å²) in [5.74, 6) is 2.43. The van der Waals surface area contributed by atoms with Gasteiger partial charge in [-0.1, -0.05) is 24.6 Å². The van der Waals surface area contributed by atoms with Crippen LogP contribution in [0.5, 0.6) is 5.75 Å². The van der Waals surface area contributed by atoms with E-state index in [9.17, 15) is 5.11 Å². The van der Waals surface area contributed by atoms with E-state index in [1.165, 1.54) is 12.8 Å². The van der Waals surface area contributed by atoms with Gasteiger partial charge in [-0.2, -0.15) is 0 Å². The van der Waals surface area contributed by atoms with Crippen LogP contribution in [-0.4, -0.2) is 30.8 Å². The molecule has 1 heterocycles. The third-order valence-electron chi connectivity index (χ3n) is 4.95. The number of nitrogens with two attached hydrogens (primary N) is 1. The van der Waals surface area contributed by atoms with Gasteiger partial charge in [0.15, 0.2) is 5.96 Å². The van der Waals surface area contributed by atoms with E-state index in [0.717, 1.165) is 37.1 Å². The molecule has 0 saturated heterocycles. The Balaban J connectivity index is 1.56. The lowest BCUT2D eigenvalue weighted by Gasteiger charge is -2.28. The van der Waals surface area contributed by atoms with Crippen LogP contribution >= 0.6 is 0 Å². The fourth-order valence-electron chi connectivity index (χ4n) is 3.68. The molecule has 4 N–H and O–H groups in total. The monoisotopic (exact) mass is 317 g/mol. The molecule has 3 rings (SSSR count). The van der Waals surface area contributed by atoms with Crippen molar-refractivity contribution < 1.29 is 9.84 Å². The van der Waals surface area contributed by atoms with Gasteiger partial charge in [0, 0.05) is 25.1 Å². The predicted octanol–water partition coefficient (Wildman–Crippen LogP) is 2.21. The summed E-state index contributed by atoms with van der Waals surface area (Å²) in [4.78, 5) is 4.54. The zero-order chi connectivity index (χ0) is 16.1. The lowest BCUT2D eigenvalue weighted by Crippen LogP contribution is -2.37. The normalized spacial score (nSPS) is 27.9. The Bertz CT molecular complexity index is 547. The molecule has 0 spiro atoms. The average molecular weight is 317 g/mol. The predicted molar refractivity (Wildman–Crippen MR) is 91.5 cm³/mol. The molecule has 1 fully saturated rings. The fourth-order valence-corrected chi connectivity index (χ4v) is 3.68. The minimum atomic E-state index is 0.167. The largest absolute Gasteiger partial charge is 0.493 e. The second-order valence-corrected chi connectivity index (χ2v) is 6.68. The topological polar surface area (TPSA) is 79.9 Å². The smallest absolute Gasteiger partial charge is 0.189 e. The highest BCUT2D eigenvalue weighted by molar-refractivity contribution is 5.78. The number of hydrogen-bond acceptors (Lipinski definition) is 3. The number of hydrogen-bond donors (Lipinski definition) is 3. The summed E-state index contributed by atoms with van der Waals surface area (Å²) < 4.78 is 5.67. The van der Waals surface area contributed by atoms with Crippen molar-refractivity contribution in [3.63, 3.8) is 0 Å².